The Bertz CT molecular complexity index is 869. The molecule has 1 amide bonds. The molecule has 1 saturated heterocycles. The molecule has 0 spiro atoms. The second kappa shape index (κ2) is 9.32. The highest BCUT2D eigenvalue weighted by molar-refractivity contribution is 7.89. The fourth-order valence-electron chi connectivity index (χ4n) is 2.99. The molecule has 1 aliphatic rings. The maximum absolute atomic E-state index is 12.7. The fourth-order valence-corrected chi connectivity index (χ4v) is 4.06. The third kappa shape index (κ3) is 5.29. The van der Waals surface area contributed by atoms with Gasteiger partial charge in [-0.2, -0.15) is 0 Å². The van der Waals surface area contributed by atoms with Gasteiger partial charge in [0.25, 0.3) is 5.91 Å². The van der Waals surface area contributed by atoms with E-state index < -0.39 is 10.0 Å². The highest BCUT2D eigenvalue weighted by atomic mass is 35.5. The van der Waals surface area contributed by atoms with Crippen LogP contribution in [0.1, 0.15) is 22.3 Å². The molecule has 0 saturated carbocycles. The summed E-state index contributed by atoms with van der Waals surface area (Å²) >= 11 is 0. The number of carbonyl (C=O) groups is 1. The van der Waals surface area contributed by atoms with Crippen molar-refractivity contribution in [3.8, 4) is 0 Å². The minimum atomic E-state index is -3.69. The Morgan fingerprint density at radius 1 is 1.19 bits per heavy atom. The number of amides is 1. The van der Waals surface area contributed by atoms with Crippen molar-refractivity contribution in [3.63, 3.8) is 0 Å². The SMILES string of the molecule is CN(C(=O)c1cccc(S(=O)(=O)NCc2ccccc2)c1)C1CCNC1.Cl. The number of hydrogen-bond donors (Lipinski definition) is 2. The van der Waals surface area contributed by atoms with Crippen LogP contribution in [-0.2, 0) is 16.6 Å². The minimum Gasteiger partial charge on any atom is -0.337 e. The van der Waals surface area contributed by atoms with Gasteiger partial charge < -0.3 is 10.2 Å². The van der Waals surface area contributed by atoms with E-state index in [0.29, 0.717) is 5.56 Å². The zero-order valence-electron chi connectivity index (χ0n) is 15.1. The molecule has 0 radical (unpaired) electrons. The second-order valence-electron chi connectivity index (χ2n) is 6.40. The van der Waals surface area contributed by atoms with Crippen LogP contribution in [0.25, 0.3) is 0 Å². The molecule has 3 rings (SSSR count). The summed E-state index contributed by atoms with van der Waals surface area (Å²) in [4.78, 5) is 14.5. The van der Waals surface area contributed by atoms with Crippen molar-refractivity contribution in [2.75, 3.05) is 20.1 Å². The molecule has 1 heterocycles. The topological polar surface area (TPSA) is 78.5 Å². The van der Waals surface area contributed by atoms with Crippen LogP contribution in [0.4, 0.5) is 0 Å². The van der Waals surface area contributed by atoms with Crippen molar-refractivity contribution in [1.29, 1.82) is 0 Å². The lowest BCUT2D eigenvalue weighted by Gasteiger charge is -2.24. The molecule has 0 aliphatic carbocycles. The zero-order chi connectivity index (χ0) is 18.6. The number of halogens is 1. The van der Waals surface area contributed by atoms with Crippen LogP contribution < -0.4 is 10.0 Å². The number of sulfonamides is 1. The van der Waals surface area contributed by atoms with Crippen LogP contribution in [0.15, 0.2) is 59.5 Å². The molecule has 27 heavy (non-hydrogen) atoms. The molecule has 2 aromatic rings. The molecular weight excluding hydrogens is 386 g/mol. The smallest absolute Gasteiger partial charge is 0.253 e. The standard InChI is InChI=1S/C19H23N3O3S.ClH/c1-22(17-10-11-20-14-17)19(23)16-8-5-9-18(12-16)26(24,25)21-13-15-6-3-2-4-7-15;/h2-9,12,17,20-21H,10-11,13-14H2,1H3;1H. The van der Waals surface area contributed by atoms with Crippen molar-refractivity contribution in [2.45, 2.75) is 23.9 Å². The summed E-state index contributed by atoms with van der Waals surface area (Å²) in [7, 11) is -1.93. The molecule has 8 heteroatoms. The first-order valence-electron chi connectivity index (χ1n) is 8.59. The van der Waals surface area contributed by atoms with Crippen molar-refractivity contribution in [2.24, 2.45) is 0 Å². The molecule has 0 bridgehead atoms. The molecule has 0 aromatic heterocycles. The molecular formula is C19H24ClN3O3S. The van der Waals surface area contributed by atoms with Gasteiger partial charge in [0.2, 0.25) is 10.0 Å². The lowest BCUT2D eigenvalue weighted by molar-refractivity contribution is 0.0743. The van der Waals surface area contributed by atoms with Crippen LogP contribution in [-0.4, -0.2) is 45.4 Å². The van der Waals surface area contributed by atoms with Crippen molar-refractivity contribution in [1.82, 2.24) is 14.9 Å². The number of likely N-dealkylation sites (N-methyl/N-ethyl adjacent to an activating group) is 1. The average Bonchev–Trinajstić information content (AvgIpc) is 3.21. The summed E-state index contributed by atoms with van der Waals surface area (Å²) in [5, 5.41) is 3.23. The molecule has 2 N–H and O–H groups in total. The molecule has 146 valence electrons. The van der Waals surface area contributed by atoms with E-state index in [2.05, 4.69) is 10.0 Å². The first kappa shape index (κ1) is 21.4. The highest BCUT2D eigenvalue weighted by Crippen LogP contribution is 2.16. The molecule has 2 aromatic carbocycles. The van der Waals surface area contributed by atoms with Crippen molar-refractivity contribution < 1.29 is 13.2 Å². The Morgan fingerprint density at radius 2 is 1.93 bits per heavy atom. The zero-order valence-corrected chi connectivity index (χ0v) is 16.7. The number of hydrogen-bond acceptors (Lipinski definition) is 4. The quantitative estimate of drug-likeness (QED) is 0.765. The normalized spacial score (nSPS) is 16.6. The van der Waals surface area contributed by atoms with E-state index in [-0.39, 0.29) is 35.8 Å². The maximum Gasteiger partial charge on any atom is 0.253 e. The first-order valence-corrected chi connectivity index (χ1v) is 10.1. The summed E-state index contributed by atoms with van der Waals surface area (Å²) in [6, 6.07) is 15.6. The van der Waals surface area contributed by atoms with Crippen LogP contribution >= 0.6 is 12.4 Å². The highest BCUT2D eigenvalue weighted by Gasteiger charge is 2.25. The number of nitrogens with one attached hydrogen (secondary N) is 2. The average molecular weight is 410 g/mol. The van der Waals surface area contributed by atoms with E-state index in [4.69, 9.17) is 0 Å². The third-order valence-electron chi connectivity index (χ3n) is 4.60. The monoisotopic (exact) mass is 409 g/mol. The van der Waals surface area contributed by atoms with Crippen LogP contribution in [0, 0.1) is 0 Å². The van der Waals surface area contributed by atoms with Gasteiger partial charge in [0.05, 0.1) is 4.90 Å². The largest absolute Gasteiger partial charge is 0.337 e. The van der Waals surface area contributed by atoms with Crippen LogP contribution in [0.2, 0.25) is 0 Å². The van der Waals surface area contributed by atoms with Gasteiger partial charge in [0.15, 0.2) is 0 Å². The van der Waals surface area contributed by atoms with Gasteiger partial charge in [-0.15, -0.1) is 12.4 Å². The molecule has 1 unspecified atom stereocenters. The van der Waals surface area contributed by atoms with Gasteiger partial charge in [-0.1, -0.05) is 36.4 Å². The Hall–Kier alpha value is -1.93. The minimum absolute atomic E-state index is 0. The molecule has 6 nitrogen and oxygen atoms in total. The number of nitrogens with zero attached hydrogens (tertiary/aromatic N) is 1. The Morgan fingerprint density at radius 3 is 2.59 bits per heavy atom. The summed E-state index contributed by atoms with van der Waals surface area (Å²) in [6.45, 7) is 1.86. The van der Waals surface area contributed by atoms with Gasteiger partial charge in [0.1, 0.15) is 0 Å². The lowest BCUT2D eigenvalue weighted by atomic mass is 10.1. The Balaban J connectivity index is 0.00000261. The van der Waals surface area contributed by atoms with E-state index in [9.17, 15) is 13.2 Å². The Kier molecular flexibility index (Phi) is 7.38. The van der Waals surface area contributed by atoms with Gasteiger partial charge in [-0.25, -0.2) is 13.1 Å². The molecule has 1 aliphatic heterocycles. The van der Waals surface area contributed by atoms with Gasteiger partial charge >= 0.3 is 0 Å². The van der Waals surface area contributed by atoms with Gasteiger partial charge in [-0.3, -0.25) is 4.79 Å². The Labute approximate surface area is 166 Å². The molecule has 1 atom stereocenters. The van der Waals surface area contributed by atoms with E-state index in [1.54, 1.807) is 24.1 Å². The van der Waals surface area contributed by atoms with E-state index in [1.165, 1.54) is 12.1 Å². The first-order chi connectivity index (χ1) is 12.5. The summed E-state index contributed by atoms with van der Waals surface area (Å²) in [6.07, 6.45) is 0.902. The van der Waals surface area contributed by atoms with E-state index in [1.807, 2.05) is 30.3 Å². The number of carbonyl (C=O) groups excluding carboxylic acids is 1. The molecule has 1 fully saturated rings. The maximum atomic E-state index is 12.7. The van der Waals surface area contributed by atoms with Crippen LogP contribution in [0.3, 0.4) is 0 Å². The predicted molar refractivity (Wildman–Crippen MR) is 108 cm³/mol. The number of benzene rings is 2. The third-order valence-corrected chi connectivity index (χ3v) is 6.00. The lowest BCUT2D eigenvalue weighted by Crippen LogP contribution is -2.38. The predicted octanol–water partition coefficient (Wildman–Crippen LogP) is 2.02. The van der Waals surface area contributed by atoms with Crippen molar-refractivity contribution >= 4 is 28.3 Å². The van der Waals surface area contributed by atoms with Crippen LogP contribution in [0.5, 0.6) is 0 Å². The summed E-state index contributed by atoms with van der Waals surface area (Å²) in [5.74, 6) is -0.168. The summed E-state index contributed by atoms with van der Waals surface area (Å²) in [5.41, 5.74) is 1.25. The number of rotatable bonds is 6. The van der Waals surface area contributed by atoms with Crippen molar-refractivity contribution in [3.05, 3.63) is 65.7 Å². The van der Waals surface area contributed by atoms with Gasteiger partial charge in [0, 0.05) is 31.7 Å². The van der Waals surface area contributed by atoms with Gasteiger partial charge in [-0.05, 0) is 36.7 Å². The fraction of sp³-hybridized carbons (Fsp3) is 0.316. The summed E-state index contributed by atoms with van der Waals surface area (Å²) < 4.78 is 27.7. The van der Waals surface area contributed by atoms with E-state index >= 15 is 0 Å². The second-order valence-corrected chi connectivity index (χ2v) is 8.17. The van der Waals surface area contributed by atoms with E-state index in [0.717, 1.165) is 25.1 Å².